The van der Waals surface area contributed by atoms with Crippen molar-refractivity contribution in [2.45, 2.75) is 6.92 Å². The Bertz CT molecular complexity index is 664. The molecule has 0 unspecified atom stereocenters. The van der Waals surface area contributed by atoms with E-state index < -0.39 is 0 Å². The van der Waals surface area contributed by atoms with Crippen LogP contribution < -0.4 is 4.90 Å². The van der Waals surface area contributed by atoms with Gasteiger partial charge in [0.1, 0.15) is 0 Å². The highest BCUT2D eigenvalue weighted by molar-refractivity contribution is 7.80. The predicted octanol–water partition coefficient (Wildman–Crippen LogP) is 2.52. The number of carbonyl (C=O) groups excluding carboxylic acids is 1. The van der Waals surface area contributed by atoms with E-state index in [1.165, 1.54) is 4.90 Å². The first-order valence-electron chi connectivity index (χ1n) is 6.42. The summed E-state index contributed by atoms with van der Waals surface area (Å²) in [6, 6.07) is 8.00. The molecule has 2 heterocycles. The average Bonchev–Trinajstić information content (AvgIpc) is 2.74. The Morgan fingerprint density at radius 3 is 2.70 bits per heavy atom. The second-order valence-corrected chi connectivity index (χ2v) is 4.93. The van der Waals surface area contributed by atoms with Crippen LogP contribution in [0.2, 0.25) is 0 Å². The first-order chi connectivity index (χ1) is 9.63. The molecule has 20 heavy (non-hydrogen) atoms. The van der Waals surface area contributed by atoms with E-state index in [9.17, 15) is 4.79 Å². The van der Waals surface area contributed by atoms with Gasteiger partial charge in [0.15, 0.2) is 0 Å². The summed E-state index contributed by atoms with van der Waals surface area (Å²) >= 11 is 5.09. The van der Waals surface area contributed by atoms with E-state index in [4.69, 9.17) is 17.0 Å². The molecular formula is C15H14N2O2S. The number of carbonyl (C=O) groups is 1. The Balaban J connectivity index is 2.07. The number of ether oxygens (including phenoxy) is 1. The lowest BCUT2D eigenvalue weighted by Crippen LogP contribution is -2.29. The van der Waals surface area contributed by atoms with Crippen molar-refractivity contribution in [2.24, 2.45) is 0 Å². The molecule has 0 bridgehead atoms. The summed E-state index contributed by atoms with van der Waals surface area (Å²) in [4.78, 5) is 15.7. The number of allylic oxidation sites excluding steroid dienone is 1. The third-order valence-corrected chi connectivity index (χ3v) is 3.78. The highest BCUT2D eigenvalue weighted by Crippen LogP contribution is 2.32. The molecule has 0 N–H and O–H groups in total. The third-order valence-electron chi connectivity index (χ3n) is 3.48. The van der Waals surface area contributed by atoms with Crippen molar-refractivity contribution in [3.8, 4) is 0 Å². The van der Waals surface area contributed by atoms with Crippen molar-refractivity contribution in [1.82, 2.24) is 4.90 Å². The van der Waals surface area contributed by atoms with Crippen LogP contribution in [0.3, 0.4) is 0 Å². The minimum absolute atomic E-state index is 0.177. The van der Waals surface area contributed by atoms with E-state index in [0.717, 1.165) is 16.9 Å². The van der Waals surface area contributed by atoms with Crippen LogP contribution in [0.5, 0.6) is 0 Å². The van der Waals surface area contributed by atoms with Gasteiger partial charge in [-0.05, 0) is 36.8 Å². The summed E-state index contributed by atoms with van der Waals surface area (Å²) in [5.74, 6) is 0.119. The van der Waals surface area contributed by atoms with E-state index in [2.05, 4.69) is 0 Å². The van der Waals surface area contributed by atoms with Crippen molar-refractivity contribution in [3.05, 3.63) is 47.4 Å². The molecule has 5 heteroatoms. The largest absolute Gasteiger partial charge is 0.423 e. The number of benzene rings is 1. The van der Waals surface area contributed by atoms with Crippen LogP contribution in [0.4, 0.5) is 5.69 Å². The van der Waals surface area contributed by atoms with Gasteiger partial charge in [0.05, 0.1) is 5.70 Å². The fourth-order valence-corrected chi connectivity index (χ4v) is 2.69. The summed E-state index contributed by atoms with van der Waals surface area (Å²) in [6.45, 7) is 2.38. The summed E-state index contributed by atoms with van der Waals surface area (Å²) in [5, 5.41) is 0.223. The number of rotatable bonds is 1. The smallest absolute Gasteiger partial charge is 0.299 e. The zero-order valence-electron chi connectivity index (χ0n) is 11.3. The molecule has 0 radical (unpaired) electrons. The lowest BCUT2D eigenvalue weighted by atomic mass is 10.1. The molecule has 4 nitrogen and oxygen atoms in total. The molecule has 2 aliphatic rings. The van der Waals surface area contributed by atoms with Crippen LogP contribution in [0.25, 0.3) is 6.08 Å². The molecule has 0 saturated carbocycles. The van der Waals surface area contributed by atoms with Crippen LogP contribution >= 0.6 is 12.2 Å². The quantitative estimate of drug-likeness (QED) is 0.586. The number of thiocarbonyl (C=S) groups is 1. The zero-order valence-corrected chi connectivity index (χ0v) is 12.1. The number of hydrogen-bond donors (Lipinski definition) is 0. The van der Waals surface area contributed by atoms with Crippen LogP contribution in [0.15, 0.2) is 41.8 Å². The van der Waals surface area contributed by atoms with Gasteiger partial charge in [-0.25, -0.2) is 0 Å². The first kappa shape index (κ1) is 12.9. The maximum Gasteiger partial charge on any atom is 0.299 e. The molecule has 3 rings (SSSR count). The van der Waals surface area contributed by atoms with Gasteiger partial charge in [0.2, 0.25) is 5.76 Å². The molecule has 1 aromatic carbocycles. The van der Waals surface area contributed by atoms with Crippen LogP contribution in [-0.4, -0.2) is 29.6 Å². The Kier molecular flexibility index (Phi) is 3.06. The molecule has 0 spiro atoms. The average molecular weight is 286 g/mol. The normalized spacial score (nSPS) is 21.3. The lowest BCUT2D eigenvalue weighted by Gasteiger charge is -2.26. The van der Waals surface area contributed by atoms with Gasteiger partial charge in [-0.3, -0.25) is 9.69 Å². The van der Waals surface area contributed by atoms with Gasteiger partial charge in [-0.2, -0.15) is 0 Å². The topological polar surface area (TPSA) is 32.8 Å². The zero-order chi connectivity index (χ0) is 14.3. The van der Waals surface area contributed by atoms with Gasteiger partial charge in [0.25, 0.3) is 11.1 Å². The first-order valence-corrected chi connectivity index (χ1v) is 6.83. The number of nitrogens with zero attached hydrogens (tertiary/aromatic N) is 2. The van der Waals surface area contributed by atoms with Gasteiger partial charge in [-0.1, -0.05) is 24.3 Å². The fraction of sp³-hybridized carbons (Fsp3) is 0.200. The van der Waals surface area contributed by atoms with Crippen LogP contribution in [-0.2, 0) is 9.53 Å². The minimum atomic E-state index is -0.177. The van der Waals surface area contributed by atoms with Crippen molar-refractivity contribution in [2.75, 3.05) is 18.5 Å². The van der Waals surface area contributed by atoms with E-state index in [1.54, 1.807) is 0 Å². The number of anilines is 1. The number of likely N-dealkylation sites (N-methyl/N-ethyl adjacent to an activating group) is 2. The number of para-hydroxylation sites is 1. The molecule has 0 aliphatic carbocycles. The molecular weight excluding hydrogens is 272 g/mol. The van der Waals surface area contributed by atoms with Crippen molar-refractivity contribution >= 4 is 35.1 Å². The summed E-state index contributed by atoms with van der Waals surface area (Å²) in [5.41, 5.74) is 2.88. The van der Waals surface area contributed by atoms with Crippen molar-refractivity contribution in [1.29, 1.82) is 0 Å². The van der Waals surface area contributed by atoms with Crippen LogP contribution in [0.1, 0.15) is 12.5 Å². The summed E-state index contributed by atoms with van der Waals surface area (Å²) in [6.07, 6.45) is 3.86. The maximum atomic E-state index is 12.3. The fourth-order valence-electron chi connectivity index (χ4n) is 2.40. The second kappa shape index (κ2) is 4.76. The Morgan fingerprint density at radius 1 is 1.25 bits per heavy atom. The number of hydrogen-bond acceptors (Lipinski definition) is 4. The summed E-state index contributed by atoms with van der Waals surface area (Å²) in [7, 11) is 1.92. The van der Waals surface area contributed by atoms with Gasteiger partial charge >= 0.3 is 0 Å². The third kappa shape index (κ3) is 1.82. The highest BCUT2D eigenvalue weighted by Gasteiger charge is 2.36. The second-order valence-electron chi connectivity index (χ2n) is 4.58. The van der Waals surface area contributed by atoms with Crippen LogP contribution in [0, 0.1) is 0 Å². The van der Waals surface area contributed by atoms with Gasteiger partial charge < -0.3 is 9.64 Å². The number of amides is 1. The van der Waals surface area contributed by atoms with Crippen molar-refractivity contribution in [3.63, 3.8) is 0 Å². The molecule has 0 atom stereocenters. The Morgan fingerprint density at radius 2 is 2.00 bits per heavy atom. The van der Waals surface area contributed by atoms with Gasteiger partial charge in [0, 0.05) is 19.3 Å². The molecule has 1 amide bonds. The molecule has 1 fully saturated rings. The molecule has 102 valence electrons. The molecule has 1 saturated heterocycles. The SMILES string of the molecule is CCN1C(=O)C(=C2C=Cc3ccccc3N2C)OC1=S. The molecule has 1 aromatic rings. The predicted molar refractivity (Wildman–Crippen MR) is 82.0 cm³/mol. The molecule has 0 aromatic heterocycles. The highest BCUT2D eigenvalue weighted by atomic mass is 32.1. The lowest BCUT2D eigenvalue weighted by molar-refractivity contribution is -0.122. The van der Waals surface area contributed by atoms with E-state index in [-0.39, 0.29) is 11.1 Å². The summed E-state index contributed by atoms with van der Waals surface area (Å²) < 4.78 is 5.50. The van der Waals surface area contributed by atoms with E-state index >= 15 is 0 Å². The van der Waals surface area contributed by atoms with Crippen molar-refractivity contribution < 1.29 is 9.53 Å². The monoisotopic (exact) mass is 286 g/mol. The van der Waals surface area contributed by atoms with Gasteiger partial charge in [-0.15, -0.1) is 0 Å². The Hall–Kier alpha value is -2.14. The maximum absolute atomic E-state index is 12.3. The van der Waals surface area contributed by atoms with E-state index in [0.29, 0.717) is 12.3 Å². The standard InChI is InChI=1S/C15H14N2O2S/c1-3-17-14(18)13(19-15(17)20)12-9-8-10-6-4-5-7-11(10)16(12)2/h4-9H,3H2,1-2H3. The Labute approximate surface area is 122 Å². The van der Waals surface area contributed by atoms with E-state index in [1.807, 2.05) is 55.3 Å². The molecule has 2 aliphatic heterocycles. The number of fused-ring (bicyclic) bond motifs is 1. The minimum Gasteiger partial charge on any atom is -0.423 e.